The van der Waals surface area contributed by atoms with E-state index in [0.29, 0.717) is 13.2 Å². The highest BCUT2D eigenvalue weighted by molar-refractivity contribution is 9.10. The molecule has 0 fully saturated rings. The number of nitrogens with two attached hydrogens (primary N) is 1. The molecule has 0 bridgehead atoms. The summed E-state index contributed by atoms with van der Waals surface area (Å²) in [7, 11) is 0. The fourth-order valence-corrected chi connectivity index (χ4v) is 2.32. The van der Waals surface area contributed by atoms with Gasteiger partial charge in [0.15, 0.2) is 0 Å². The maximum Gasteiger partial charge on any atom is 0.123 e. The van der Waals surface area contributed by atoms with Crippen molar-refractivity contribution in [3.8, 4) is 5.75 Å². The second kappa shape index (κ2) is 6.94. The van der Waals surface area contributed by atoms with Crippen LogP contribution in [0.2, 0.25) is 5.02 Å². The summed E-state index contributed by atoms with van der Waals surface area (Å²) in [5.74, 6) is 0.878. The van der Waals surface area contributed by atoms with Crippen molar-refractivity contribution in [3.63, 3.8) is 0 Å². The molecule has 2 aromatic rings. The molecule has 100 valence electrons. The SMILES string of the molecule is NCCc1cc(Br)ccc1OCc1ccc(Cl)cc1. The Labute approximate surface area is 126 Å². The Hall–Kier alpha value is -1.03. The first-order valence-electron chi connectivity index (χ1n) is 6.05. The fourth-order valence-electron chi connectivity index (χ4n) is 1.78. The van der Waals surface area contributed by atoms with Crippen molar-refractivity contribution in [2.75, 3.05) is 6.54 Å². The molecule has 19 heavy (non-hydrogen) atoms. The first kappa shape index (κ1) is 14.4. The van der Waals surface area contributed by atoms with Crippen LogP contribution >= 0.6 is 27.5 Å². The van der Waals surface area contributed by atoms with Crippen LogP contribution in [0.3, 0.4) is 0 Å². The molecule has 2 nitrogen and oxygen atoms in total. The van der Waals surface area contributed by atoms with E-state index in [0.717, 1.165) is 32.8 Å². The molecule has 0 aliphatic carbocycles. The molecule has 0 saturated heterocycles. The quantitative estimate of drug-likeness (QED) is 0.886. The van der Waals surface area contributed by atoms with Crippen LogP contribution in [0, 0.1) is 0 Å². The van der Waals surface area contributed by atoms with Crippen molar-refractivity contribution in [1.29, 1.82) is 0 Å². The molecule has 0 aliphatic rings. The monoisotopic (exact) mass is 339 g/mol. The summed E-state index contributed by atoms with van der Waals surface area (Å²) in [5.41, 5.74) is 7.82. The molecule has 2 aromatic carbocycles. The smallest absolute Gasteiger partial charge is 0.123 e. The van der Waals surface area contributed by atoms with Crippen LogP contribution in [0.15, 0.2) is 46.9 Å². The van der Waals surface area contributed by atoms with E-state index in [4.69, 9.17) is 22.1 Å². The number of hydrogen-bond donors (Lipinski definition) is 1. The van der Waals surface area contributed by atoms with Crippen LogP contribution in [0.25, 0.3) is 0 Å². The molecular weight excluding hydrogens is 326 g/mol. The zero-order valence-corrected chi connectivity index (χ0v) is 12.7. The molecule has 4 heteroatoms. The van der Waals surface area contributed by atoms with Gasteiger partial charge in [-0.25, -0.2) is 0 Å². The van der Waals surface area contributed by atoms with Crippen molar-refractivity contribution >= 4 is 27.5 Å². The van der Waals surface area contributed by atoms with E-state index in [1.165, 1.54) is 0 Å². The zero-order chi connectivity index (χ0) is 13.7. The molecule has 2 rings (SSSR count). The van der Waals surface area contributed by atoms with E-state index >= 15 is 0 Å². The van der Waals surface area contributed by atoms with E-state index in [1.54, 1.807) is 0 Å². The van der Waals surface area contributed by atoms with Crippen LogP contribution in [-0.2, 0) is 13.0 Å². The summed E-state index contributed by atoms with van der Waals surface area (Å²) >= 11 is 9.31. The first-order chi connectivity index (χ1) is 9.19. The third-order valence-corrected chi connectivity index (χ3v) is 3.49. The van der Waals surface area contributed by atoms with Crippen LogP contribution in [0.1, 0.15) is 11.1 Å². The van der Waals surface area contributed by atoms with Gasteiger partial charge in [0.05, 0.1) is 0 Å². The Balaban J connectivity index is 2.08. The molecule has 0 aromatic heterocycles. The van der Waals surface area contributed by atoms with Crippen molar-refractivity contribution in [2.24, 2.45) is 5.73 Å². The molecule has 0 amide bonds. The normalized spacial score (nSPS) is 10.5. The van der Waals surface area contributed by atoms with Crippen LogP contribution in [-0.4, -0.2) is 6.54 Å². The van der Waals surface area contributed by atoms with Gasteiger partial charge in [-0.05, 0) is 54.4 Å². The molecule has 0 spiro atoms. The van der Waals surface area contributed by atoms with E-state index in [2.05, 4.69) is 15.9 Å². The Bertz CT molecular complexity index is 542. The zero-order valence-electron chi connectivity index (χ0n) is 10.4. The van der Waals surface area contributed by atoms with Crippen molar-refractivity contribution in [3.05, 3.63) is 63.1 Å². The molecule has 0 radical (unpaired) electrons. The average Bonchev–Trinajstić information content (AvgIpc) is 2.40. The number of rotatable bonds is 5. The molecule has 0 aliphatic heterocycles. The molecule has 0 atom stereocenters. The standard InChI is InChI=1S/C15H15BrClNO/c16-13-3-6-15(12(9-13)7-8-18)19-10-11-1-4-14(17)5-2-11/h1-6,9H,7-8,10,18H2. The first-order valence-corrected chi connectivity index (χ1v) is 7.22. The highest BCUT2D eigenvalue weighted by atomic mass is 79.9. The van der Waals surface area contributed by atoms with Gasteiger partial charge in [0.1, 0.15) is 12.4 Å². The fraction of sp³-hybridized carbons (Fsp3) is 0.200. The summed E-state index contributed by atoms with van der Waals surface area (Å²) in [5, 5.41) is 0.733. The van der Waals surface area contributed by atoms with Crippen LogP contribution < -0.4 is 10.5 Å². The van der Waals surface area contributed by atoms with Gasteiger partial charge in [0.25, 0.3) is 0 Å². The summed E-state index contributed by atoms with van der Waals surface area (Å²) in [6.45, 7) is 1.13. The Morgan fingerprint density at radius 2 is 1.84 bits per heavy atom. The molecule has 2 N–H and O–H groups in total. The number of benzene rings is 2. The lowest BCUT2D eigenvalue weighted by Crippen LogP contribution is -2.05. The highest BCUT2D eigenvalue weighted by Crippen LogP contribution is 2.24. The van der Waals surface area contributed by atoms with E-state index < -0.39 is 0 Å². The minimum absolute atomic E-state index is 0.524. The molecule has 0 heterocycles. The maximum absolute atomic E-state index is 5.85. The van der Waals surface area contributed by atoms with Gasteiger partial charge in [-0.15, -0.1) is 0 Å². The summed E-state index contributed by atoms with van der Waals surface area (Å²) in [4.78, 5) is 0. The van der Waals surface area contributed by atoms with Gasteiger partial charge in [-0.1, -0.05) is 39.7 Å². The topological polar surface area (TPSA) is 35.2 Å². The van der Waals surface area contributed by atoms with Crippen molar-refractivity contribution in [1.82, 2.24) is 0 Å². The summed E-state index contributed by atoms with van der Waals surface area (Å²) in [6, 6.07) is 13.6. The third kappa shape index (κ3) is 4.23. The molecule has 0 unspecified atom stereocenters. The summed E-state index contributed by atoms with van der Waals surface area (Å²) < 4.78 is 6.89. The van der Waals surface area contributed by atoms with Gasteiger partial charge in [0, 0.05) is 9.50 Å². The lowest BCUT2D eigenvalue weighted by Gasteiger charge is -2.11. The lowest BCUT2D eigenvalue weighted by molar-refractivity contribution is 0.303. The highest BCUT2D eigenvalue weighted by Gasteiger charge is 2.04. The number of halogens is 2. The number of hydrogen-bond acceptors (Lipinski definition) is 2. The lowest BCUT2D eigenvalue weighted by atomic mass is 10.1. The van der Waals surface area contributed by atoms with Crippen LogP contribution in [0.5, 0.6) is 5.75 Å². The average molecular weight is 341 g/mol. The van der Waals surface area contributed by atoms with Crippen molar-refractivity contribution < 1.29 is 4.74 Å². The molecule has 0 saturated carbocycles. The van der Waals surface area contributed by atoms with E-state index in [9.17, 15) is 0 Å². The van der Waals surface area contributed by atoms with Gasteiger partial charge in [-0.2, -0.15) is 0 Å². The Morgan fingerprint density at radius 1 is 1.11 bits per heavy atom. The third-order valence-electron chi connectivity index (χ3n) is 2.74. The van der Waals surface area contributed by atoms with Gasteiger partial charge >= 0.3 is 0 Å². The second-order valence-electron chi connectivity index (χ2n) is 4.21. The molecular formula is C15H15BrClNO. The number of ether oxygens (including phenoxy) is 1. The minimum Gasteiger partial charge on any atom is -0.489 e. The maximum atomic E-state index is 5.85. The van der Waals surface area contributed by atoms with Gasteiger partial charge in [0.2, 0.25) is 0 Å². The largest absolute Gasteiger partial charge is 0.489 e. The predicted molar refractivity (Wildman–Crippen MR) is 82.7 cm³/mol. The Morgan fingerprint density at radius 3 is 2.53 bits per heavy atom. The Kier molecular flexibility index (Phi) is 5.25. The van der Waals surface area contributed by atoms with E-state index in [1.807, 2.05) is 42.5 Å². The van der Waals surface area contributed by atoms with Gasteiger partial charge in [-0.3, -0.25) is 0 Å². The van der Waals surface area contributed by atoms with Crippen LogP contribution in [0.4, 0.5) is 0 Å². The predicted octanol–water partition coefficient (Wildman–Crippen LogP) is 4.18. The minimum atomic E-state index is 0.524. The van der Waals surface area contributed by atoms with E-state index in [-0.39, 0.29) is 0 Å². The van der Waals surface area contributed by atoms with Gasteiger partial charge < -0.3 is 10.5 Å². The second-order valence-corrected chi connectivity index (χ2v) is 5.56. The summed E-state index contributed by atoms with van der Waals surface area (Å²) in [6.07, 6.45) is 0.801. The van der Waals surface area contributed by atoms with Crippen molar-refractivity contribution in [2.45, 2.75) is 13.0 Å².